The number of nitrogens with zero attached hydrogens (tertiary/aromatic N) is 3. The molecule has 0 saturated carbocycles. The maximum Gasteiger partial charge on any atom is 0.174 e. The first kappa shape index (κ1) is 22.4. The minimum absolute atomic E-state index is 0.162. The first-order valence-electron chi connectivity index (χ1n) is 10.8. The van der Waals surface area contributed by atoms with Crippen molar-refractivity contribution in [3.05, 3.63) is 101 Å². The van der Waals surface area contributed by atoms with Crippen LogP contribution in [0.15, 0.2) is 89.7 Å². The van der Waals surface area contributed by atoms with Crippen LogP contribution in [0.5, 0.6) is 11.5 Å². The number of anilines is 1. The molecule has 0 bridgehead atoms. The number of rotatable bonds is 6. The summed E-state index contributed by atoms with van der Waals surface area (Å²) in [6.07, 6.45) is 3.88. The van der Waals surface area contributed by atoms with Crippen LogP contribution in [0.4, 0.5) is 5.69 Å². The van der Waals surface area contributed by atoms with Crippen LogP contribution >= 0.6 is 28.1 Å². The summed E-state index contributed by atoms with van der Waals surface area (Å²) in [5.41, 5.74) is 3.90. The molecule has 0 unspecified atom stereocenters. The predicted octanol–water partition coefficient (Wildman–Crippen LogP) is 5.83. The van der Waals surface area contributed by atoms with Gasteiger partial charge in [-0.1, -0.05) is 22.0 Å². The normalized spacial score (nSPS) is 17.5. The average molecular weight is 535 g/mol. The van der Waals surface area contributed by atoms with Gasteiger partial charge < -0.3 is 24.3 Å². The summed E-state index contributed by atoms with van der Waals surface area (Å²) in [5, 5.41) is 4.12. The molecule has 1 aliphatic rings. The third kappa shape index (κ3) is 4.03. The van der Waals surface area contributed by atoms with Crippen LogP contribution in [0.1, 0.15) is 23.5 Å². The summed E-state index contributed by atoms with van der Waals surface area (Å²) < 4.78 is 14.4. The maximum absolute atomic E-state index is 5.88. The Balaban J connectivity index is 1.68. The van der Waals surface area contributed by atoms with E-state index >= 15 is 0 Å². The first-order chi connectivity index (χ1) is 16.6. The number of thiocarbonyl (C=S) groups is 1. The van der Waals surface area contributed by atoms with E-state index in [9.17, 15) is 0 Å². The molecule has 3 heterocycles. The van der Waals surface area contributed by atoms with Crippen LogP contribution < -0.4 is 19.7 Å². The number of ether oxygens (including phenoxy) is 2. The molecule has 1 fully saturated rings. The van der Waals surface area contributed by atoms with E-state index in [-0.39, 0.29) is 12.1 Å². The fourth-order valence-corrected chi connectivity index (χ4v) is 4.97. The second-order valence-electron chi connectivity index (χ2n) is 7.81. The van der Waals surface area contributed by atoms with Crippen molar-refractivity contribution < 1.29 is 9.47 Å². The quantitative estimate of drug-likeness (QED) is 0.314. The summed E-state index contributed by atoms with van der Waals surface area (Å²) in [7, 11) is 3.29. The van der Waals surface area contributed by atoms with Gasteiger partial charge in [-0.25, -0.2) is 0 Å². The third-order valence-electron chi connectivity index (χ3n) is 5.93. The monoisotopic (exact) mass is 534 g/mol. The van der Waals surface area contributed by atoms with Gasteiger partial charge in [0, 0.05) is 34.3 Å². The molecule has 2 aromatic carbocycles. The number of nitrogens with one attached hydrogen (secondary N) is 1. The van der Waals surface area contributed by atoms with E-state index in [0.717, 1.165) is 33.0 Å². The number of halogens is 1. The van der Waals surface area contributed by atoms with Crippen molar-refractivity contribution in [3.63, 3.8) is 0 Å². The smallest absolute Gasteiger partial charge is 0.174 e. The maximum atomic E-state index is 5.88. The number of pyridine rings is 1. The molecule has 2 atom stereocenters. The van der Waals surface area contributed by atoms with Crippen LogP contribution in [-0.2, 0) is 0 Å². The highest BCUT2D eigenvalue weighted by Gasteiger charge is 2.43. The van der Waals surface area contributed by atoms with Crippen LogP contribution in [-0.4, -0.2) is 28.9 Å². The fraction of sp³-hybridized carbons (Fsp3) is 0.154. The van der Waals surface area contributed by atoms with Gasteiger partial charge in [0.1, 0.15) is 17.5 Å². The van der Waals surface area contributed by atoms with Gasteiger partial charge in [-0.05, 0) is 72.9 Å². The number of aromatic nitrogens is 2. The molecule has 5 rings (SSSR count). The third-order valence-corrected chi connectivity index (χ3v) is 6.78. The zero-order valence-electron chi connectivity index (χ0n) is 18.7. The van der Waals surface area contributed by atoms with Crippen molar-refractivity contribution in [1.82, 2.24) is 14.9 Å². The lowest BCUT2D eigenvalue weighted by Gasteiger charge is -2.30. The van der Waals surface area contributed by atoms with Gasteiger partial charge in [0.05, 0.1) is 31.6 Å². The molecule has 1 N–H and O–H groups in total. The first-order valence-corrected chi connectivity index (χ1v) is 12.0. The molecule has 0 amide bonds. The van der Waals surface area contributed by atoms with Gasteiger partial charge in [-0.15, -0.1) is 0 Å². The lowest BCUT2D eigenvalue weighted by Crippen LogP contribution is -2.30. The lowest BCUT2D eigenvalue weighted by atomic mass is 10.0. The van der Waals surface area contributed by atoms with Crippen molar-refractivity contribution >= 4 is 38.9 Å². The number of benzene rings is 2. The molecule has 4 aromatic rings. The van der Waals surface area contributed by atoms with E-state index in [1.807, 2.05) is 54.7 Å². The molecule has 0 radical (unpaired) electrons. The Kier molecular flexibility index (Phi) is 6.26. The Morgan fingerprint density at radius 1 is 0.971 bits per heavy atom. The summed E-state index contributed by atoms with van der Waals surface area (Å²) in [4.78, 5) is 6.76. The predicted molar refractivity (Wildman–Crippen MR) is 141 cm³/mol. The molecular formula is C26H23BrN4O2S. The number of hydrogen-bond acceptors (Lipinski definition) is 4. The van der Waals surface area contributed by atoms with Crippen molar-refractivity contribution in [1.29, 1.82) is 0 Å². The van der Waals surface area contributed by atoms with E-state index in [2.05, 4.69) is 66.2 Å². The molecule has 1 saturated heterocycles. The van der Waals surface area contributed by atoms with Gasteiger partial charge in [0.2, 0.25) is 0 Å². The van der Waals surface area contributed by atoms with Crippen molar-refractivity contribution in [3.8, 4) is 17.2 Å². The average Bonchev–Trinajstić information content (AvgIpc) is 3.49. The van der Waals surface area contributed by atoms with Crippen molar-refractivity contribution in [2.75, 3.05) is 19.1 Å². The summed E-state index contributed by atoms with van der Waals surface area (Å²) >= 11 is 9.41. The second-order valence-corrected chi connectivity index (χ2v) is 9.12. The molecule has 0 aliphatic carbocycles. The fourth-order valence-electron chi connectivity index (χ4n) is 4.37. The zero-order chi connectivity index (χ0) is 23.7. The van der Waals surface area contributed by atoms with E-state index in [1.54, 1.807) is 14.2 Å². The molecule has 0 spiro atoms. The molecule has 1 aliphatic heterocycles. The lowest BCUT2D eigenvalue weighted by molar-refractivity contribution is 0.394. The highest BCUT2D eigenvalue weighted by Crippen LogP contribution is 2.45. The SMILES string of the molecule is COc1ccc(N2C(=S)N[C@H](c3ccccn3)[C@H]2c2cccn2-c2ccc(Br)cc2)c(OC)c1. The van der Waals surface area contributed by atoms with E-state index in [0.29, 0.717) is 10.9 Å². The van der Waals surface area contributed by atoms with Crippen LogP contribution in [0.3, 0.4) is 0 Å². The van der Waals surface area contributed by atoms with Gasteiger partial charge >= 0.3 is 0 Å². The van der Waals surface area contributed by atoms with E-state index in [1.165, 1.54) is 0 Å². The van der Waals surface area contributed by atoms with Gasteiger partial charge in [-0.3, -0.25) is 4.98 Å². The summed E-state index contributed by atoms with van der Waals surface area (Å²) in [5.74, 6) is 1.40. The number of methoxy groups -OCH3 is 2. The molecule has 34 heavy (non-hydrogen) atoms. The van der Waals surface area contributed by atoms with E-state index < -0.39 is 0 Å². The Bertz CT molecular complexity index is 1310. The van der Waals surface area contributed by atoms with Crippen LogP contribution in [0, 0.1) is 0 Å². The van der Waals surface area contributed by atoms with Crippen molar-refractivity contribution in [2.24, 2.45) is 0 Å². The molecule has 6 nitrogen and oxygen atoms in total. The largest absolute Gasteiger partial charge is 0.497 e. The summed E-state index contributed by atoms with van der Waals surface area (Å²) in [6, 6.07) is 23.8. The highest BCUT2D eigenvalue weighted by atomic mass is 79.9. The van der Waals surface area contributed by atoms with Crippen molar-refractivity contribution in [2.45, 2.75) is 12.1 Å². The Labute approximate surface area is 212 Å². The molecule has 2 aromatic heterocycles. The van der Waals surface area contributed by atoms with Crippen LogP contribution in [0.2, 0.25) is 0 Å². The van der Waals surface area contributed by atoms with Gasteiger partial charge in [0.15, 0.2) is 5.11 Å². The number of hydrogen-bond donors (Lipinski definition) is 1. The Morgan fingerprint density at radius 3 is 2.50 bits per heavy atom. The highest BCUT2D eigenvalue weighted by molar-refractivity contribution is 9.10. The Morgan fingerprint density at radius 2 is 1.79 bits per heavy atom. The summed E-state index contributed by atoms with van der Waals surface area (Å²) in [6.45, 7) is 0. The topological polar surface area (TPSA) is 51.5 Å². The second kappa shape index (κ2) is 9.48. The standard InChI is InChI=1S/C26H23BrN4O2S/c1-32-19-12-13-21(23(16-19)33-2)31-25(24(29-26(31)34)20-6-3-4-14-28-20)22-7-5-15-30(22)18-10-8-17(27)9-11-18/h3-16,24-25H,1-2H3,(H,29,34)/t24-,25-/m1/s1. The Hall–Kier alpha value is -3.36. The molecular weight excluding hydrogens is 512 g/mol. The minimum Gasteiger partial charge on any atom is -0.497 e. The van der Waals surface area contributed by atoms with Gasteiger partial charge in [0.25, 0.3) is 0 Å². The van der Waals surface area contributed by atoms with Gasteiger partial charge in [-0.2, -0.15) is 0 Å². The molecule has 8 heteroatoms. The van der Waals surface area contributed by atoms with Crippen LogP contribution in [0.25, 0.3) is 5.69 Å². The van der Waals surface area contributed by atoms with E-state index in [4.69, 9.17) is 21.7 Å². The molecule has 172 valence electrons. The minimum atomic E-state index is -0.177. The zero-order valence-corrected chi connectivity index (χ0v) is 21.1.